The van der Waals surface area contributed by atoms with Crippen molar-refractivity contribution < 1.29 is 4.79 Å². The molecule has 4 aromatic rings. The molecule has 6 heteroatoms. The molecule has 0 atom stereocenters. The van der Waals surface area contributed by atoms with Crippen LogP contribution in [-0.4, -0.2) is 20.9 Å². The molecule has 0 fully saturated rings. The Morgan fingerprint density at radius 1 is 0.962 bits per heavy atom. The van der Waals surface area contributed by atoms with Gasteiger partial charge in [0.05, 0.1) is 33.5 Å². The molecule has 0 aliphatic rings. The molecule has 1 amide bonds. The summed E-state index contributed by atoms with van der Waals surface area (Å²) >= 11 is 6.34. The van der Waals surface area contributed by atoms with Crippen molar-refractivity contribution >= 4 is 34.2 Å². The number of hydrogen-bond acceptors (Lipinski definition) is 4. The van der Waals surface area contributed by atoms with Gasteiger partial charge in [-0.25, -0.2) is 4.98 Å². The average molecular weight is 361 g/mol. The maximum Gasteiger partial charge on any atom is 0.257 e. The van der Waals surface area contributed by atoms with Gasteiger partial charge in [0.25, 0.3) is 5.91 Å². The number of carbonyl (C=O) groups is 1. The number of nitrogens with zero attached hydrogens (tertiary/aromatic N) is 3. The Labute approximate surface area is 154 Å². The lowest BCUT2D eigenvalue weighted by Gasteiger charge is -2.09. The van der Waals surface area contributed by atoms with Crippen molar-refractivity contribution in [3.8, 4) is 11.3 Å². The molecule has 0 unspecified atom stereocenters. The molecule has 0 saturated carbocycles. The molecule has 0 aliphatic carbocycles. The quantitative estimate of drug-likeness (QED) is 0.580. The summed E-state index contributed by atoms with van der Waals surface area (Å²) in [5, 5.41) is 3.38. The van der Waals surface area contributed by atoms with Crippen LogP contribution in [0.4, 0.5) is 5.69 Å². The van der Waals surface area contributed by atoms with Crippen molar-refractivity contribution in [3.63, 3.8) is 0 Å². The minimum atomic E-state index is -0.240. The summed E-state index contributed by atoms with van der Waals surface area (Å²) < 4.78 is 0. The molecule has 0 bridgehead atoms. The monoisotopic (exact) mass is 360 g/mol. The molecule has 1 N–H and O–H groups in total. The van der Waals surface area contributed by atoms with Gasteiger partial charge in [-0.1, -0.05) is 23.7 Å². The van der Waals surface area contributed by atoms with Gasteiger partial charge in [-0.05, 0) is 42.5 Å². The van der Waals surface area contributed by atoms with Crippen molar-refractivity contribution in [2.75, 3.05) is 5.32 Å². The Morgan fingerprint density at radius 2 is 1.81 bits per heavy atom. The fourth-order valence-corrected chi connectivity index (χ4v) is 2.80. The first-order valence-electron chi connectivity index (χ1n) is 7.94. The number of nitrogens with one attached hydrogen (secondary N) is 1. The van der Waals surface area contributed by atoms with E-state index in [1.165, 1.54) is 6.20 Å². The van der Waals surface area contributed by atoms with Crippen molar-refractivity contribution in [3.05, 3.63) is 83.8 Å². The third-order valence-electron chi connectivity index (χ3n) is 3.87. The van der Waals surface area contributed by atoms with Gasteiger partial charge in [0, 0.05) is 23.6 Å². The summed E-state index contributed by atoms with van der Waals surface area (Å²) in [4.78, 5) is 25.3. The zero-order valence-corrected chi connectivity index (χ0v) is 14.3. The molecule has 0 spiro atoms. The van der Waals surface area contributed by atoms with Crippen LogP contribution >= 0.6 is 11.6 Å². The van der Waals surface area contributed by atoms with Gasteiger partial charge in [-0.2, -0.15) is 0 Å². The molecular weight excluding hydrogens is 348 g/mol. The number of benzene rings is 2. The number of aromatic nitrogens is 3. The van der Waals surface area contributed by atoms with Crippen LogP contribution in [0, 0.1) is 0 Å². The fraction of sp³-hybridized carbons (Fsp3) is 0. The van der Waals surface area contributed by atoms with E-state index in [0.717, 1.165) is 11.0 Å². The van der Waals surface area contributed by atoms with Crippen molar-refractivity contribution in [2.45, 2.75) is 0 Å². The standard InChI is InChI=1S/C20H13ClN4O/c21-16-8-7-14(24-20(26)13-4-3-9-22-11-13)10-15(16)19-12-23-17-5-1-2-6-18(17)25-19/h1-12H,(H,24,26). The summed E-state index contributed by atoms with van der Waals surface area (Å²) in [6, 6.07) is 16.3. The van der Waals surface area contributed by atoms with E-state index in [2.05, 4.69) is 20.3 Å². The van der Waals surface area contributed by atoms with Gasteiger partial charge >= 0.3 is 0 Å². The molecular formula is C20H13ClN4O. The second-order valence-corrected chi connectivity index (χ2v) is 6.04. The van der Waals surface area contributed by atoms with E-state index in [1.54, 1.807) is 42.7 Å². The third-order valence-corrected chi connectivity index (χ3v) is 4.20. The highest BCUT2D eigenvalue weighted by molar-refractivity contribution is 6.33. The van der Waals surface area contributed by atoms with Crippen molar-refractivity contribution in [1.29, 1.82) is 0 Å². The van der Waals surface area contributed by atoms with E-state index in [0.29, 0.717) is 27.5 Å². The van der Waals surface area contributed by atoms with E-state index in [9.17, 15) is 4.79 Å². The van der Waals surface area contributed by atoms with Crippen LogP contribution in [0.15, 0.2) is 73.2 Å². The highest BCUT2D eigenvalue weighted by atomic mass is 35.5. The number of rotatable bonds is 3. The van der Waals surface area contributed by atoms with Gasteiger partial charge in [0.1, 0.15) is 0 Å². The normalized spacial score (nSPS) is 10.7. The summed E-state index contributed by atoms with van der Waals surface area (Å²) in [6.07, 6.45) is 4.81. The fourth-order valence-electron chi connectivity index (χ4n) is 2.59. The van der Waals surface area contributed by atoms with Crippen LogP contribution < -0.4 is 5.32 Å². The van der Waals surface area contributed by atoms with Gasteiger partial charge in [0.15, 0.2) is 0 Å². The molecule has 2 heterocycles. The number of para-hydroxylation sites is 2. The number of fused-ring (bicyclic) bond motifs is 1. The van der Waals surface area contributed by atoms with Crippen LogP contribution in [0.3, 0.4) is 0 Å². The third kappa shape index (κ3) is 3.25. The maximum atomic E-state index is 12.3. The lowest BCUT2D eigenvalue weighted by molar-refractivity contribution is 0.102. The first-order valence-corrected chi connectivity index (χ1v) is 8.31. The van der Waals surface area contributed by atoms with E-state index in [1.807, 2.05) is 24.3 Å². The Morgan fingerprint density at radius 3 is 2.62 bits per heavy atom. The average Bonchev–Trinajstić information content (AvgIpc) is 2.69. The topological polar surface area (TPSA) is 67.8 Å². The summed E-state index contributed by atoms with van der Waals surface area (Å²) in [5.74, 6) is -0.240. The Balaban J connectivity index is 1.68. The number of anilines is 1. The number of carbonyl (C=O) groups excluding carboxylic acids is 1. The number of hydrogen-bond donors (Lipinski definition) is 1. The van der Waals surface area contributed by atoms with E-state index in [4.69, 9.17) is 11.6 Å². The first-order chi connectivity index (χ1) is 12.7. The lowest BCUT2D eigenvalue weighted by Crippen LogP contribution is -2.12. The lowest BCUT2D eigenvalue weighted by atomic mass is 10.1. The Bertz CT molecular complexity index is 1100. The van der Waals surface area contributed by atoms with Crippen LogP contribution in [0.25, 0.3) is 22.3 Å². The van der Waals surface area contributed by atoms with E-state index in [-0.39, 0.29) is 5.91 Å². The van der Waals surface area contributed by atoms with Gasteiger partial charge in [0.2, 0.25) is 0 Å². The largest absolute Gasteiger partial charge is 0.322 e. The maximum absolute atomic E-state index is 12.3. The minimum Gasteiger partial charge on any atom is -0.322 e. The second-order valence-electron chi connectivity index (χ2n) is 5.63. The molecule has 0 saturated heterocycles. The molecule has 126 valence electrons. The van der Waals surface area contributed by atoms with Crippen molar-refractivity contribution in [2.24, 2.45) is 0 Å². The first kappa shape index (κ1) is 16.2. The Kier molecular flexibility index (Phi) is 4.29. The highest BCUT2D eigenvalue weighted by Crippen LogP contribution is 2.30. The van der Waals surface area contributed by atoms with E-state index < -0.39 is 0 Å². The number of pyridine rings is 1. The SMILES string of the molecule is O=C(Nc1ccc(Cl)c(-c2cnc3ccccc3n2)c1)c1cccnc1. The molecule has 26 heavy (non-hydrogen) atoms. The molecule has 2 aromatic carbocycles. The van der Waals surface area contributed by atoms with Gasteiger partial charge in [-0.3, -0.25) is 14.8 Å². The predicted octanol–water partition coefficient (Wildman–Crippen LogP) is 4.60. The predicted molar refractivity (Wildman–Crippen MR) is 102 cm³/mol. The molecule has 4 rings (SSSR count). The van der Waals surface area contributed by atoms with Crippen LogP contribution in [-0.2, 0) is 0 Å². The summed E-state index contributed by atoms with van der Waals surface area (Å²) in [5.41, 5.74) is 4.04. The van der Waals surface area contributed by atoms with Crippen LogP contribution in [0.2, 0.25) is 5.02 Å². The summed E-state index contributed by atoms with van der Waals surface area (Å²) in [7, 11) is 0. The smallest absolute Gasteiger partial charge is 0.257 e. The van der Waals surface area contributed by atoms with Gasteiger partial charge < -0.3 is 5.32 Å². The molecule has 5 nitrogen and oxygen atoms in total. The van der Waals surface area contributed by atoms with Crippen LogP contribution in [0.5, 0.6) is 0 Å². The highest BCUT2D eigenvalue weighted by Gasteiger charge is 2.11. The molecule has 0 radical (unpaired) electrons. The zero-order valence-electron chi connectivity index (χ0n) is 13.6. The molecule has 0 aliphatic heterocycles. The number of amides is 1. The summed E-state index contributed by atoms with van der Waals surface area (Å²) in [6.45, 7) is 0. The zero-order chi connectivity index (χ0) is 17.9. The van der Waals surface area contributed by atoms with E-state index >= 15 is 0 Å². The minimum absolute atomic E-state index is 0.240. The van der Waals surface area contributed by atoms with Gasteiger partial charge in [-0.15, -0.1) is 0 Å². The second kappa shape index (κ2) is 6.90. The molecule has 2 aromatic heterocycles. The van der Waals surface area contributed by atoms with Crippen LogP contribution in [0.1, 0.15) is 10.4 Å². The Hall–Kier alpha value is -3.31. The van der Waals surface area contributed by atoms with Crippen molar-refractivity contribution in [1.82, 2.24) is 15.0 Å². The number of halogens is 1.